The van der Waals surface area contributed by atoms with E-state index in [9.17, 15) is 14.4 Å². The van der Waals surface area contributed by atoms with E-state index < -0.39 is 30.6 Å². The monoisotopic (exact) mass is 425 g/mol. The Labute approximate surface area is 183 Å². The van der Waals surface area contributed by atoms with Crippen LogP contribution in [0.15, 0.2) is 54.6 Å². The van der Waals surface area contributed by atoms with Crippen molar-refractivity contribution in [3.8, 4) is 0 Å². The summed E-state index contributed by atoms with van der Waals surface area (Å²) in [7, 11) is 0. The fraction of sp³-hybridized carbons (Fsp3) is 0.375. The average Bonchev–Trinajstić information content (AvgIpc) is 2.76. The first kappa shape index (κ1) is 23.9. The maximum atomic E-state index is 12.5. The van der Waals surface area contributed by atoms with Crippen LogP contribution in [0.1, 0.15) is 45.6 Å². The maximum absolute atomic E-state index is 12.5. The molecule has 166 valence electrons. The van der Waals surface area contributed by atoms with Crippen LogP contribution in [0.5, 0.6) is 0 Å². The minimum absolute atomic E-state index is 0.219. The summed E-state index contributed by atoms with van der Waals surface area (Å²) < 4.78 is 5.18. The second-order valence-electron chi connectivity index (χ2n) is 7.74. The van der Waals surface area contributed by atoms with E-state index in [2.05, 4.69) is 29.8 Å². The Kier molecular flexibility index (Phi) is 9.06. The summed E-state index contributed by atoms with van der Waals surface area (Å²) in [5, 5.41) is 8.09. The highest BCUT2D eigenvalue weighted by Crippen LogP contribution is 2.26. The van der Waals surface area contributed by atoms with E-state index in [1.165, 1.54) is 0 Å². The van der Waals surface area contributed by atoms with E-state index in [0.717, 1.165) is 12.0 Å². The number of rotatable bonds is 9. The van der Waals surface area contributed by atoms with E-state index in [-0.39, 0.29) is 11.8 Å². The molecule has 2 aromatic rings. The average molecular weight is 426 g/mol. The predicted molar refractivity (Wildman–Crippen MR) is 122 cm³/mol. The third kappa shape index (κ3) is 7.44. The van der Waals surface area contributed by atoms with Crippen molar-refractivity contribution >= 4 is 29.3 Å². The highest BCUT2D eigenvalue weighted by Gasteiger charge is 2.26. The smallest absolute Gasteiger partial charge is 0.329 e. The number of benzene rings is 2. The maximum Gasteiger partial charge on any atom is 0.329 e. The molecule has 0 spiro atoms. The molecule has 0 unspecified atom stereocenters. The van der Waals surface area contributed by atoms with Crippen molar-refractivity contribution < 1.29 is 19.1 Å². The van der Waals surface area contributed by atoms with Gasteiger partial charge in [0.2, 0.25) is 0 Å². The number of carbonyl (C=O) groups excluding carboxylic acids is 3. The lowest BCUT2D eigenvalue weighted by atomic mass is 9.97. The first-order chi connectivity index (χ1) is 14.8. The molecule has 0 saturated carbocycles. The molecule has 0 aromatic heterocycles. The lowest BCUT2D eigenvalue weighted by Gasteiger charge is -2.21. The molecule has 0 fully saturated rings. The van der Waals surface area contributed by atoms with Crippen LogP contribution in [0.2, 0.25) is 0 Å². The Morgan fingerprint density at radius 3 is 2.19 bits per heavy atom. The van der Waals surface area contributed by atoms with Crippen LogP contribution in [-0.4, -0.2) is 30.6 Å². The van der Waals surface area contributed by atoms with Crippen LogP contribution in [0, 0.1) is 5.92 Å². The first-order valence-corrected chi connectivity index (χ1v) is 10.5. The van der Waals surface area contributed by atoms with Gasteiger partial charge in [-0.2, -0.15) is 0 Å². The predicted octanol–water partition coefficient (Wildman–Crippen LogP) is 4.53. The molecule has 2 aromatic carbocycles. The Balaban J connectivity index is 1.91. The van der Waals surface area contributed by atoms with E-state index in [1.54, 1.807) is 38.1 Å². The molecule has 7 heteroatoms. The first-order valence-electron chi connectivity index (χ1n) is 10.5. The number of amides is 3. The van der Waals surface area contributed by atoms with Gasteiger partial charge in [0, 0.05) is 11.4 Å². The van der Waals surface area contributed by atoms with Crippen LogP contribution in [0.25, 0.3) is 0 Å². The molecule has 0 saturated heterocycles. The van der Waals surface area contributed by atoms with Crippen molar-refractivity contribution in [1.29, 1.82) is 0 Å². The van der Waals surface area contributed by atoms with Crippen molar-refractivity contribution in [2.75, 3.05) is 17.2 Å². The van der Waals surface area contributed by atoms with Gasteiger partial charge in [0.1, 0.15) is 6.04 Å². The van der Waals surface area contributed by atoms with Gasteiger partial charge in [-0.25, -0.2) is 9.59 Å². The Morgan fingerprint density at radius 1 is 0.903 bits per heavy atom. The molecule has 2 rings (SSSR count). The molecule has 7 nitrogen and oxygen atoms in total. The molecule has 0 aliphatic heterocycles. The number of hydrogen-bond donors (Lipinski definition) is 3. The number of para-hydroxylation sites is 2. The summed E-state index contributed by atoms with van der Waals surface area (Å²) in [6.07, 6.45) is 0.939. The second kappa shape index (κ2) is 11.7. The normalized spacial score (nSPS) is 12.5. The summed E-state index contributed by atoms with van der Waals surface area (Å²) in [6, 6.07) is 15.1. The molecule has 3 amide bonds. The van der Waals surface area contributed by atoms with Gasteiger partial charge in [-0.05, 0) is 42.0 Å². The van der Waals surface area contributed by atoms with Crippen molar-refractivity contribution in [2.45, 2.75) is 46.1 Å². The fourth-order valence-electron chi connectivity index (χ4n) is 3.00. The van der Waals surface area contributed by atoms with Crippen LogP contribution in [0.3, 0.4) is 0 Å². The molecule has 0 radical (unpaired) electrons. The molecule has 0 heterocycles. The highest BCUT2D eigenvalue weighted by atomic mass is 16.5. The van der Waals surface area contributed by atoms with Gasteiger partial charge in [0.25, 0.3) is 5.91 Å². The minimum atomic E-state index is -0.885. The Hall–Kier alpha value is -3.35. The number of anilines is 2. The largest absolute Gasteiger partial charge is 0.454 e. The van der Waals surface area contributed by atoms with Gasteiger partial charge in [-0.1, -0.05) is 64.1 Å². The van der Waals surface area contributed by atoms with E-state index in [1.807, 2.05) is 30.3 Å². The van der Waals surface area contributed by atoms with E-state index in [0.29, 0.717) is 11.4 Å². The lowest BCUT2D eigenvalue weighted by Crippen LogP contribution is -2.47. The van der Waals surface area contributed by atoms with Gasteiger partial charge in [0.15, 0.2) is 6.61 Å². The zero-order valence-corrected chi connectivity index (χ0v) is 18.5. The fourth-order valence-corrected chi connectivity index (χ4v) is 3.00. The van der Waals surface area contributed by atoms with Crippen LogP contribution in [-0.2, 0) is 14.3 Å². The van der Waals surface area contributed by atoms with Crippen molar-refractivity contribution in [2.24, 2.45) is 5.92 Å². The molecule has 0 aliphatic rings. The minimum Gasteiger partial charge on any atom is -0.454 e. The van der Waals surface area contributed by atoms with Crippen LogP contribution < -0.4 is 16.0 Å². The molecular weight excluding hydrogens is 394 g/mol. The van der Waals surface area contributed by atoms with Gasteiger partial charge in [0.05, 0.1) is 0 Å². The summed E-state index contributed by atoms with van der Waals surface area (Å²) >= 11 is 0. The standard InChI is InChI=1S/C24H31N3O4/c1-5-17(4)19-13-9-10-14-20(19)26-21(28)15-31-23(29)22(16(2)3)27-24(30)25-18-11-7-6-8-12-18/h6-14,16-17,22H,5,15H2,1-4H3,(H,26,28)(H2,25,27,30)/t17-,22-/m1/s1. The Morgan fingerprint density at radius 2 is 1.55 bits per heavy atom. The number of urea groups is 1. The molecule has 0 aliphatic carbocycles. The number of nitrogens with one attached hydrogen (secondary N) is 3. The lowest BCUT2D eigenvalue weighted by molar-refractivity contribution is -0.150. The second-order valence-corrected chi connectivity index (χ2v) is 7.74. The van der Waals surface area contributed by atoms with Gasteiger partial charge in [-0.15, -0.1) is 0 Å². The molecule has 0 bridgehead atoms. The topological polar surface area (TPSA) is 96.5 Å². The number of carbonyl (C=O) groups is 3. The van der Waals surface area contributed by atoms with Crippen molar-refractivity contribution in [1.82, 2.24) is 5.32 Å². The van der Waals surface area contributed by atoms with Crippen molar-refractivity contribution in [3.05, 3.63) is 60.2 Å². The summed E-state index contributed by atoms with van der Waals surface area (Å²) in [6.45, 7) is 7.32. The SMILES string of the molecule is CC[C@@H](C)c1ccccc1NC(=O)COC(=O)[C@H](NC(=O)Nc1ccccc1)C(C)C. The van der Waals surface area contributed by atoms with Crippen molar-refractivity contribution in [3.63, 3.8) is 0 Å². The zero-order valence-electron chi connectivity index (χ0n) is 18.5. The number of esters is 1. The van der Waals surface area contributed by atoms with E-state index >= 15 is 0 Å². The molecule has 31 heavy (non-hydrogen) atoms. The van der Waals surface area contributed by atoms with Gasteiger partial charge < -0.3 is 20.7 Å². The zero-order chi connectivity index (χ0) is 22.8. The third-order valence-electron chi connectivity index (χ3n) is 4.96. The quantitative estimate of drug-likeness (QED) is 0.514. The van der Waals surface area contributed by atoms with Crippen LogP contribution in [0.4, 0.5) is 16.2 Å². The van der Waals surface area contributed by atoms with Gasteiger partial charge in [-0.3, -0.25) is 4.79 Å². The van der Waals surface area contributed by atoms with Gasteiger partial charge >= 0.3 is 12.0 Å². The molecule has 3 N–H and O–H groups in total. The number of ether oxygens (including phenoxy) is 1. The third-order valence-corrected chi connectivity index (χ3v) is 4.96. The van der Waals surface area contributed by atoms with Crippen LogP contribution >= 0.6 is 0 Å². The number of hydrogen-bond acceptors (Lipinski definition) is 4. The Bertz CT molecular complexity index is 883. The summed E-state index contributed by atoms with van der Waals surface area (Å²) in [5.74, 6) is -1.02. The summed E-state index contributed by atoms with van der Waals surface area (Å²) in [4.78, 5) is 37.1. The van der Waals surface area contributed by atoms with E-state index in [4.69, 9.17) is 4.74 Å². The summed E-state index contributed by atoms with van der Waals surface area (Å²) in [5.41, 5.74) is 2.35. The highest BCUT2D eigenvalue weighted by molar-refractivity contribution is 5.95. The molecule has 2 atom stereocenters. The molecular formula is C24H31N3O4.